The Hall–Kier alpha value is 4.02. The third kappa shape index (κ3) is 147. The maximum atomic E-state index is 8.58. The molecule has 0 aliphatic rings. The molecular formula is C2H6Na4O5Si. The van der Waals surface area contributed by atoms with Crippen molar-refractivity contribution in [1.29, 1.82) is 0 Å². The minimum absolute atomic E-state index is 0. The van der Waals surface area contributed by atoms with Crippen molar-refractivity contribution >= 4 is 9.05 Å². The Morgan fingerprint density at radius 3 is 0.917 bits per heavy atom. The second-order valence-electron chi connectivity index (χ2n) is 0.816. The first kappa shape index (κ1) is 36.0. The Bertz CT molecular complexity index is 45.2. The molecule has 0 unspecified atom stereocenters. The van der Waals surface area contributed by atoms with Gasteiger partial charge in [0.15, 0.2) is 0 Å². The standard InChI is InChI=1S/C2H6O.4Na.O4Si/c1-2-3;;;;;1-5(2,3)4/h3H,2H2,1H3;;;;;/q;4*+1;-4. The second kappa shape index (κ2) is 24.3. The maximum Gasteiger partial charge on any atom is 1.00 e. The molecule has 0 aromatic carbocycles. The smallest absolute Gasteiger partial charge is 0.894 e. The van der Waals surface area contributed by atoms with E-state index in [1.807, 2.05) is 0 Å². The van der Waals surface area contributed by atoms with E-state index in [1.54, 1.807) is 6.92 Å². The van der Waals surface area contributed by atoms with E-state index in [9.17, 15) is 0 Å². The van der Waals surface area contributed by atoms with Gasteiger partial charge in [-0.25, -0.2) is 0 Å². The molecule has 0 atom stereocenters. The number of hydrogen-bond donors (Lipinski definition) is 1. The molecule has 1 N–H and O–H groups in total. The molecule has 0 heterocycles. The topological polar surface area (TPSA) is 112 Å². The average Bonchev–Trinajstić information content (AvgIpc) is 1.27. The molecule has 0 fully saturated rings. The van der Waals surface area contributed by atoms with Gasteiger partial charge in [-0.05, 0) is 6.92 Å². The van der Waals surface area contributed by atoms with Gasteiger partial charge in [-0.15, -0.1) is 0 Å². The summed E-state index contributed by atoms with van der Waals surface area (Å²) in [7, 11) is -5.61. The van der Waals surface area contributed by atoms with Crippen molar-refractivity contribution in [2.24, 2.45) is 0 Å². The van der Waals surface area contributed by atoms with Crippen molar-refractivity contribution in [2.75, 3.05) is 6.61 Å². The number of hydrogen-bond acceptors (Lipinski definition) is 5. The minimum Gasteiger partial charge on any atom is -0.894 e. The molecule has 0 aromatic rings. The molecule has 0 bridgehead atoms. The van der Waals surface area contributed by atoms with Gasteiger partial charge in [0.25, 0.3) is 0 Å². The summed E-state index contributed by atoms with van der Waals surface area (Å²) in [5, 5.41) is 7.57. The first-order chi connectivity index (χ1) is 3.41. The maximum absolute atomic E-state index is 8.58. The molecule has 12 heavy (non-hydrogen) atoms. The third-order valence-electron chi connectivity index (χ3n) is 0. The molecule has 0 aliphatic heterocycles. The van der Waals surface area contributed by atoms with Crippen molar-refractivity contribution in [3.63, 3.8) is 0 Å². The fourth-order valence-electron chi connectivity index (χ4n) is 0. The summed E-state index contributed by atoms with van der Waals surface area (Å²) >= 11 is 0. The summed E-state index contributed by atoms with van der Waals surface area (Å²) in [5.74, 6) is 0. The van der Waals surface area contributed by atoms with Crippen LogP contribution >= 0.6 is 0 Å². The summed E-state index contributed by atoms with van der Waals surface area (Å²) in [4.78, 5) is 34.3. The zero-order valence-corrected chi connectivity index (χ0v) is 17.3. The van der Waals surface area contributed by atoms with Gasteiger partial charge in [-0.2, -0.15) is 0 Å². The van der Waals surface area contributed by atoms with Crippen LogP contribution in [0.4, 0.5) is 0 Å². The second-order valence-corrected chi connectivity index (χ2v) is 1.82. The summed E-state index contributed by atoms with van der Waals surface area (Å²) < 4.78 is 0. The molecular weight excluding hydrogens is 224 g/mol. The molecule has 0 aromatic heterocycles. The van der Waals surface area contributed by atoms with Gasteiger partial charge in [0, 0.05) is 6.61 Å². The van der Waals surface area contributed by atoms with Crippen molar-refractivity contribution in [3.05, 3.63) is 0 Å². The average molecular weight is 230 g/mol. The Labute approximate surface area is 162 Å². The molecule has 0 spiro atoms. The molecule has 10 heteroatoms. The van der Waals surface area contributed by atoms with Crippen LogP contribution in [0, 0.1) is 0 Å². The third-order valence-corrected chi connectivity index (χ3v) is 0. The predicted octanol–water partition coefficient (Wildman–Crippen LogP) is -17.1. The van der Waals surface area contributed by atoms with Gasteiger partial charge in [-0.1, -0.05) is 0 Å². The fraction of sp³-hybridized carbons (Fsp3) is 1.00. The summed E-state index contributed by atoms with van der Waals surface area (Å²) in [6.07, 6.45) is 0. The van der Waals surface area contributed by atoms with E-state index in [4.69, 9.17) is 24.3 Å². The molecule has 0 saturated heterocycles. The van der Waals surface area contributed by atoms with Crippen LogP contribution in [0.5, 0.6) is 0 Å². The Kier molecular flexibility index (Phi) is 72.9. The van der Waals surface area contributed by atoms with Crippen LogP contribution in [0.25, 0.3) is 0 Å². The molecule has 52 valence electrons. The van der Waals surface area contributed by atoms with Crippen LogP contribution in [-0.2, 0) is 0 Å². The van der Waals surface area contributed by atoms with E-state index in [1.165, 1.54) is 0 Å². The fourth-order valence-corrected chi connectivity index (χ4v) is 0. The van der Waals surface area contributed by atoms with Crippen molar-refractivity contribution < 1.29 is 143 Å². The molecule has 0 saturated carbocycles. The van der Waals surface area contributed by atoms with E-state index >= 15 is 0 Å². The van der Waals surface area contributed by atoms with Gasteiger partial charge >= 0.3 is 118 Å². The Balaban J connectivity index is -0.0000000119. The monoisotopic (exact) mass is 230 g/mol. The van der Waals surface area contributed by atoms with Crippen molar-refractivity contribution in [2.45, 2.75) is 6.92 Å². The van der Waals surface area contributed by atoms with Gasteiger partial charge in [0.05, 0.1) is 0 Å². The van der Waals surface area contributed by atoms with Crippen LogP contribution in [0.15, 0.2) is 0 Å². The van der Waals surface area contributed by atoms with Gasteiger partial charge in [-0.3, -0.25) is 0 Å². The van der Waals surface area contributed by atoms with E-state index in [-0.39, 0.29) is 125 Å². The van der Waals surface area contributed by atoms with Crippen LogP contribution in [0.3, 0.4) is 0 Å². The molecule has 0 amide bonds. The molecule has 0 aliphatic carbocycles. The zero-order valence-electron chi connectivity index (χ0n) is 8.29. The minimum atomic E-state index is -5.61. The van der Waals surface area contributed by atoms with Crippen molar-refractivity contribution in [3.8, 4) is 0 Å². The van der Waals surface area contributed by atoms with E-state index < -0.39 is 9.05 Å². The van der Waals surface area contributed by atoms with E-state index in [2.05, 4.69) is 0 Å². The zero-order chi connectivity index (χ0) is 7.21. The van der Waals surface area contributed by atoms with E-state index in [0.29, 0.717) is 0 Å². The SMILES string of the molecule is CCO.[Na+].[Na+].[Na+].[Na+].[O-][Si]([O-])([O-])[O-]. The van der Waals surface area contributed by atoms with Gasteiger partial charge in [0.2, 0.25) is 0 Å². The van der Waals surface area contributed by atoms with Crippen LogP contribution < -0.4 is 137 Å². The summed E-state index contributed by atoms with van der Waals surface area (Å²) in [6, 6.07) is 0. The Morgan fingerprint density at radius 1 is 0.917 bits per heavy atom. The molecule has 0 radical (unpaired) electrons. The number of rotatable bonds is 0. The molecule has 0 rings (SSSR count). The summed E-state index contributed by atoms with van der Waals surface area (Å²) in [5.41, 5.74) is 0. The van der Waals surface area contributed by atoms with Crippen LogP contribution in [0.2, 0.25) is 0 Å². The van der Waals surface area contributed by atoms with Gasteiger partial charge in [0.1, 0.15) is 0 Å². The normalized spacial score (nSPS) is 6.50. The summed E-state index contributed by atoms with van der Waals surface area (Å²) in [6.45, 7) is 1.93. The van der Waals surface area contributed by atoms with Crippen LogP contribution in [-0.4, -0.2) is 20.8 Å². The predicted molar refractivity (Wildman–Crippen MR) is 18.5 cm³/mol. The van der Waals surface area contributed by atoms with Crippen molar-refractivity contribution in [1.82, 2.24) is 0 Å². The van der Waals surface area contributed by atoms with Crippen LogP contribution in [0.1, 0.15) is 6.92 Å². The largest absolute Gasteiger partial charge is 1.00 e. The first-order valence-corrected chi connectivity index (χ1v) is 3.47. The Morgan fingerprint density at radius 2 is 0.917 bits per heavy atom. The number of aliphatic hydroxyl groups excluding tert-OH is 1. The van der Waals surface area contributed by atoms with E-state index in [0.717, 1.165) is 0 Å². The quantitative estimate of drug-likeness (QED) is 0.415. The first-order valence-electron chi connectivity index (χ1n) is 1.84. The number of aliphatic hydroxyl groups is 1. The van der Waals surface area contributed by atoms with Gasteiger partial charge < -0.3 is 33.3 Å². The molecule has 5 nitrogen and oxygen atoms in total.